The summed E-state index contributed by atoms with van der Waals surface area (Å²) in [5.74, 6) is 0.872. The second kappa shape index (κ2) is 8.41. The Morgan fingerprint density at radius 3 is 2.55 bits per heavy atom. The number of carbonyl (C=O) groups is 1. The summed E-state index contributed by atoms with van der Waals surface area (Å²) in [4.78, 5) is 25.3. The van der Waals surface area contributed by atoms with Crippen molar-refractivity contribution in [2.45, 2.75) is 52.0 Å². The van der Waals surface area contributed by atoms with E-state index >= 15 is 0 Å². The van der Waals surface area contributed by atoms with Crippen LogP contribution in [-0.4, -0.2) is 32.1 Å². The molecule has 1 amide bonds. The first-order valence-electron chi connectivity index (χ1n) is 10.1. The number of aromatic nitrogens is 1. The molecule has 29 heavy (non-hydrogen) atoms. The van der Waals surface area contributed by atoms with Gasteiger partial charge in [-0.15, -0.1) is 0 Å². The van der Waals surface area contributed by atoms with Crippen molar-refractivity contribution in [1.29, 1.82) is 0 Å². The number of hydrogen-bond donors (Lipinski definition) is 1. The van der Waals surface area contributed by atoms with Gasteiger partial charge in [0, 0.05) is 11.7 Å². The van der Waals surface area contributed by atoms with Gasteiger partial charge in [0.25, 0.3) is 5.91 Å². The SMILES string of the molecule is C/C(=C1/S/C(=N/c2cccc(C)n2)N(C2CCCCC2)C1=O)c1ccc(O)cc1. The molecule has 1 aliphatic heterocycles. The average Bonchev–Trinajstić information content (AvgIpc) is 3.04. The van der Waals surface area contributed by atoms with Crippen molar-refractivity contribution < 1.29 is 9.90 Å². The van der Waals surface area contributed by atoms with Crippen LogP contribution >= 0.6 is 11.8 Å². The first-order chi connectivity index (χ1) is 14.0. The molecule has 4 rings (SSSR count). The summed E-state index contributed by atoms with van der Waals surface area (Å²) in [6.45, 7) is 3.90. The maximum absolute atomic E-state index is 13.5. The monoisotopic (exact) mass is 407 g/mol. The van der Waals surface area contributed by atoms with Crippen molar-refractivity contribution in [1.82, 2.24) is 9.88 Å². The number of rotatable bonds is 3. The van der Waals surface area contributed by atoms with E-state index in [-0.39, 0.29) is 17.7 Å². The number of aliphatic imine (C=N–C) groups is 1. The lowest BCUT2D eigenvalue weighted by Crippen LogP contribution is -2.40. The fraction of sp³-hybridized carbons (Fsp3) is 0.348. The molecule has 2 aliphatic rings. The smallest absolute Gasteiger partial charge is 0.267 e. The Bertz CT molecular complexity index is 976. The number of carbonyl (C=O) groups excluding carboxylic acids is 1. The molecule has 1 aliphatic carbocycles. The first kappa shape index (κ1) is 19.7. The van der Waals surface area contributed by atoms with Crippen molar-refractivity contribution in [3.05, 3.63) is 58.6 Å². The van der Waals surface area contributed by atoms with Crippen LogP contribution in [0.2, 0.25) is 0 Å². The van der Waals surface area contributed by atoms with E-state index in [4.69, 9.17) is 4.99 Å². The normalized spacial score (nSPS) is 21.1. The highest BCUT2D eigenvalue weighted by atomic mass is 32.2. The van der Waals surface area contributed by atoms with Crippen LogP contribution in [0.1, 0.15) is 50.3 Å². The summed E-state index contributed by atoms with van der Waals surface area (Å²) in [6.07, 6.45) is 5.54. The molecule has 150 valence electrons. The van der Waals surface area contributed by atoms with Gasteiger partial charge in [-0.2, -0.15) is 0 Å². The maximum Gasteiger partial charge on any atom is 0.267 e. The Morgan fingerprint density at radius 1 is 1.14 bits per heavy atom. The molecule has 0 bridgehead atoms. The lowest BCUT2D eigenvalue weighted by molar-refractivity contribution is -0.124. The third kappa shape index (κ3) is 4.22. The maximum atomic E-state index is 13.5. The predicted molar refractivity (Wildman–Crippen MR) is 118 cm³/mol. The molecular weight excluding hydrogens is 382 g/mol. The Morgan fingerprint density at radius 2 is 1.86 bits per heavy atom. The van der Waals surface area contributed by atoms with E-state index in [2.05, 4.69) is 4.98 Å². The van der Waals surface area contributed by atoms with Gasteiger partial charge in [0.2, 0.25) is 0 Å². The number of amides is 1. The van der Waals surface area contributed by atoms with Gasteiger partial charge in [-0.3, -0.25) is 9.69 Å². The molecule has 2 heterocycles. The van der Waals surface area contributed by atoms with Crippen LogP contribution in [0.3, 0.4) is 0 Å². The highest BCUT2D eigenvalue weighted by Crippen LogP contribution is 2.41. The van der Waals surface area contributed by atoms with Crippen LogP contribution in [-0.2, 0) is 4.79 Å². The van der Waals surface area contributed by atoms with Crippen LogP contribution in [0.25, 0.3) is 5.57 Å². The zero-order valence-electron chi connectivity index (χ0n) is 16.8. The highest BCUT2D eigenvalue weighted by Gasteiger charge is 2.39. The average molecular weight is 408 g/mol. The molecule has 2 fully saturated rings. The van der Waals surface area contributed by atoms with Gasteiger partial charge in [-0.1, -0.05) is 37.5 Å². The van der Waals surface area contributed by atoms with E-state index in [1.165, 1.54) is 18.2 Å². The second-order valence-corrected chi connectivity index (χ2v) is 8.58. The molecule has 2 aromatic rings. The third-order valence-corrected chi connectivity index (χ3v) is 6.63. The summed E-state index contributed by atoms with van der Waals surface area (Å²) in [6, 6.07) is 12.9. The van der Waals surface area contributed by atoms with Gasteiger partial charge >= 0.3 is 0 Å². The van der Waals surface area contributed by atoms with Crippen molar-refractivity contribution in [2.24, 2.45) is 4.99 Å². The number of nitrogens with zero attached hydrogens (tertiary/aromatic N) is 3. The largest absolute Gasteiger partial charge is 0.508 e. The molecule has 1 saturated heterocycles. The number of hydrogen-bond acceptors (Lipinski definition) is 5. The third-order valence-electron chi connectivity index (χ3n) is 5.48. The minimum Gasteiger partial charge on any atom is -0.508 e. The number of phenolic OH excluding ortho intramolecular Hbond substituents is 1. The van der Waals surface area contributed by atoms with E-state index in [0.717, 1.165) is 42.5 Å². The Kier molecular flexibility index (Phi) is 5.72. The molecule has 0 atom stereocenters. The van der Waals surface area contributed by atoms with Crippen molar-refractivity contribution >= 4 is 34.2 Å². The zero-order chi connectivity index (χ0) is 20.4. The zero-order valence-corrected chi connectivity index (χ0v) is 17.6. The van der Waals surface area contributed by atoms with Gasteiger partial charge in [-0.25, -0.2) is 9.98 Å². The van der Waals surface area contributed by atoms with Crippen molar-refractivity contribution in [3.8, 4) is 5.75 Å². The predicted octanol–water partition coefficient (Wildman–Crippen LogP) is 5.42. The fourth-order valence-electron chi connectivity index (χ4n) is 3.89. The molecule has 1 aromatic heterocycles. The first-order valence-corrected chi connectivity index (χ1v) is 10.9. The van der Waals surface area contributed by atoms with Crippen LogP contribution < -0.4 is 0 Å². The number of thioether (sulfide) groups is 1. The second-order valence-electron chi connectivity index (χ2n) is 7.60. The Labute approximate surface area is 175 Å². The number of allylic oxidation sites excluding steroid dienone is 1. The standard InChI is InChI=1S/C23H25N3O2S/c1-15-7-6-10-20(24-15)25-23-26(18-8-4-3-5-9-18)22(28)21(29-23)16(2)17-11-13-19(27)14-12-17/h6-7,10-14,18,27H,3-5,8-9H2,1-2H3/b21-16-,25-23+. The number of pyridine rings is 1. The summed E-state index contributed by atoms with van der Waals surface area (Å²) in [5.41, 5.74) is 2.74. The van der Waals surface area contributed by atoms with E-state index in [1.807, 2.05) is 49.1 Å². The van der Waals surface area contributed by atoms with Crippen molar-refractivity contribution in [3.63, 3.8) is 0 Å². The number of benzene rings is 1. The van der Waals surface area contributed by atoms with Gasteiger partial charge < -0.3 is 5.11 Å². The minimum atomic E-state index is 0.0267. The van der Waals surface area contributed by atoms with E-state index in [9.17, 15) is 9.90 Å². The van der Waals surface area contributed by atoms with E-state index in [1.54, 1.807) is 12.1 Å². The van der Waals surface area contributed by atoms with Gasteiger partial charge in [0.1, 0.15) is 5.75 Å². The van der Waals surface area contributed by atoms with Gasteiger partial charge in [0.15, 0.2) is 11.0 Å². The Hall–Kier alpha value is -2.60. The molecule has 1 aromatic carbocycles. The summed E-state index contributed by atoms with van der Waals surface area (Å²) >= 11 is 1.43. The highest BCUT2D eigenvalue weighted by molar-refractivity contribution is 8.18. The minimum absolute atomic E-state index is 0.0267. The van der Waals surface area contributed by atoms with Crippen LogP contribution in [0.15, 0.2) is 52.4 Å². The van der Waals surface area contributed by atoms with Gasteiger partial charge in [-0.05, 0) is 73.9 Å². The van der Waals surface area contributed by atoms with Crippen molar-refractivity contribution in [2.75, 3.05) is 0 Å². The molecule has 0 unspecified atom stereocenters. The molecular formula is C23H25N3O2S. The number of aryl methyl sites for hydroxylation is 1. The van der Waals surface area contributed by atoms with Crippen LogP contribution in [0, 0.1) is 6.92 Å². The quantitative estimate of drug-likeness (QED) is 0.690. The molecule has 6 heteroatoms. The number of aromatic hydroxyl groups is 1. The van der Waals surface area contributed by atoms with E-state index < -0.39 is 0 Å². The topological polar surface area (TPSA) is 65.8 Å². The summed E-state index contributed by atoms with van der Waals surface area (Å²) in [5, 5.41) is 10.3. The molecule has 0 radical (unpaired) electrons. The molecule has 1 saturated carbocycles. The Balaban J connectivity index is 1.75. The lowest BCUT2D eigenvalue weighted by Gasteiger charge is -2.30. The van der Waals surface area contributed by atoms with E-state index in [0.29, 0.717) is 15.9 Å². The number of phenols is 1. The molecule has 5 nitrogen and oxygen atoms in total. The number of amidine groups is 1. The van der Waals surface area contributed by atoms with Crippen LogP contribution in [0.5, 0.6) is 5.75 Å². The molecule has 0 spiro atoms. The van der Waals surface area contributed by atoms with Crippen LogP contribution in [0.4, 0.5) is 5.82 Å². The molecule has 1 N–H and O–H groups in total. The summed E-state index contributed by atoms with van der Waals surface area (Å²) < 4.78 is 0. The lowest BCUT2D eigenvalue weighted by atomic mass is 9.94. The fourth-order valence-corrected chi connectivity index (χ4v) is 5.00. The van der Waals surface area contributed by atoms with Gasteiger partial charge in [0.05, 0.1) is 4.91 Å². The summed E-state index contributed by atoms with van der Waals surface area (Å²) in [7, 11) is 0.